The third-order valence-corrected chi connectivity index (χ3v) is 4.81. The molecular formula is C22H18N6O4. The van der Waals surface area contributed by atoms with Crippen molar-refractivity contribution in [2.24, 2.45) is 5.73 Å². The molecule has 0 aliphatic carbocycles. The summed E-state index contributed by atoms with van der Waals surface area (Å²) in [6.45, 7) is -0.347. The Morgan fingerprint density at radius 3 is 2.41 bits per heavy atom. The van der Waals surface area contributed by atoms with E-state index in [1.165, 1.54) is 35.0 Å². The molecule has 0 unspecified atom stereocenters. The van der Waals surface area contributed by atoms with Gasteiger partial charge in [-0.15, -0.1) is 0 Å². The van der Waals surface area contributed by atoms with E-state index < -0.39 is 23.1 Å². The maximum absolute atomic E-state index is 13.2. The molecule has 1 aromatic carbocycles. The van der Waals surface area contributed by atoms with Crippen LogP contribution in [0.4, 0.5) is 5.69 Å². The van der Waals surface area contributed by atoms with Crippen LogP contribution >= 0.6 is 0 Å². The number of carbonyl (C=O) groups is 2. The summed E-state index contributed by atoms with van der Waals surface area (Å²) in [5.74, 6) is -1.07. The van der Waals surface area contributed by atoms with Gasteiger partial charge in [0.15, 0.2) is 5.52 Å². The summed E-state index contributed by atoms with van der Waals surface area (Å²) in [5, 5.41) is 2.66. The van der Waals surface area contributed by atoms with Crippen molar-refractivity contribution in [3.8, 4) is 0 Å². The quantitative estimate of drug-likeness (QED) is 0.462. The van der Waals surface area contributed by atoms with E-state index >= 15 is 0 Å². The topological polar surface area (TPSA) is 142 Å². The zero-order valence-electron chi connectivity index (χ0n) is 16.8. The van der Waals surface area contributed by atoms with E-state index in [-0.39, 0.29) is 24.1 Å². The normalized spacial score (nSPS) is 10.8. The molecule has 4 aromatic rings. The second kappa shape index (κ2) is 8.64. The van der Waals surface area contributed by atoms with Gasteiger partial charge in [-0.05, 0) is 48.0 Å². The van der Waals surface area contributed by atoms with Crippen molar-refractivity contribution < 1.29 is 9.59 Å². The SMILES string of the molecule is NC(=O)c1ccc(NC(=O)Cn2c(=O)n(Cc3cccnc3)c(=O)c3ncccc32)cc1. The minimum atomic E-state index is -0.640. The van der Waals surface area contributed by atoms with Gasteiger partial charge in [0, 0.05) is 29.8 Å². The molecule has 0 aliphatic rings. The molecule has 0 atom stereocenters. The van der Waals surface area contributed by atoms with Crippen molar-refractivity contribution in [2.75, 3.05) is 5.32 Å². The fourth-order valence-corrected chi connectivity index (χ4v) is 3.27. The highest BCUT2D eigenvalue weighted by Gasteiger charge is 2.16. The number of carbonyl (C=O) groups excluding carboxylic acids is 2. The summed E-state index contributed by atoms with van der Waals surface area (Å²) in [4.78, 5) is 58.0. The average Bonchev–Trinajstić information content (AvgIpc) is 2.80. The molecule has 160 valence electrons. The Morgan fingerprint density at radius 2 is 1.72 bits per heavy atom. The molecule has 0 saturated carbocycles. The fourth-order valence-electron chi connectivity index (χ4n) is 3.27. The molecular weight excluding hydrogens is 412 g/mol. The fraction of sp³-hybridized carbons (Fsp3) is 0.0909. The number of aromatic nitrogens is 4. The monoisotopic (exact) mass is 430 g/mol. The first kappa shape index (κ1) is 20.7. The summed E-state index contributed by atoms with van der Waals surface area (Å²) >= 11 is 0. The standard InChI is InChI=1S/C22H18N6O4/c23-20(30)15-5-7-16(8-6-15)26-18(29)13-27-17-4-2-10-25-19(17)21(31)28(22(27)32)12-14-3-1-9-24-11-14/h1-11H,12-13H2,(H2,23,30)(H,26,29). The third-order valence-electron chi connectivity index (χ3n) is 4.81. The molecule has 4 rings (SSSR count). The zero-order valence-corrected chi connectivity index (χ0v) is 16.8. The summed E-state index contributed by atoms with van der Waals surface area (Å²) in [6.07, 6.45) is 4.60. The molecule has 3 N–H and O–H groups in total. The molecule has 2 amide bonds. The lowest BCUT2D eigenvalue weighted by atomic mass is 10.2. The number of primary amides is 1. The molecule has 3 heterocycles. The predicted octanol–water partition coefficient (Wildman–Crippen LogP) is 0.739. The second-order valence-electron chi connectivity index (χ2n) is 6.98. The van der Waals surface area contributed by atoms with Gasteiger partial charge in [0.05, 0.1) is 12.1 Å². The molecule has 0 fully saturated rings. The maximum Gasteiger partial charge on any atom is 0.332 e. The zero-order chi connectivity index (χ0) is 22.7. The first-order valence-corrected chi connectivity index (χ1v) is 9.61. The molecule has 0 spiro atoms. The minimum Gasteiger partial charge on any atom is -0.366 e. The molecule has 32 heavy (non-hydrogen) atoms. The van der Waals surface area contributed by atoms with Crippen LogP contribution in [-0.2, 0) is 17.9 Å². The van der Waals surface area contributed by atoms with Crippen molar-refractivity contribution >= 4 is 28.5 Å². The van der Waals surface area contributed by atoms with Crippen molar-refractivity contribution in [2.45, 2.75) is 13.1 Å². The van der Waals surface area contributed by atoms with Gasteiger partial charge in [-0.2, -0.15) is 0 Å². The van der Waals surface area contributed by atoms with Crippen LogP contribution in [0.3, 0.4) is 0 Å². The van der Waals surface area contributed by atoms with Crippen LogP contribution in [0.1, 0.15) is 15.9 Å². The van der Waals surface area contributed by atoms with Crippen LogP contribution in [0.25, 0.3) is 11.0 Å². The largest absolute Gasteiger partial charge is 0.366 e. The Balaban J connectivity index is 1.69. The van der Waals surface area contributed by atoms with E-state index in [9.17, 15) is 19.2 Å². The lowest BCUT2D eigenvalue weighted by molar-refractivity contribution is -0.116. The van der Waals surface area contributed by atoms with Crippen LogP contribution in [0.5, 0.6) is 0 Å². The number of nitrogens with one attached hydrogen (secondary N) is 1. The van der Waals surface area contributed by atoms with Crippen molar-refractivity contribution in [3.05, 3.63) is 99.1 Å². The molecule has 0 saturated heterocycles. The summed E-state index contributed by atoms with van der Waals surface area (Å²) in [5.41, 5.74) is 5.75. The Hall–Kier alpha value is -4.60. The molecule has 0 bridgehead atoms. The summed E-state index contributed by atoms with van der Waals surface area (Å²) in [7, 11) is 0. The first-order chi connectivity index (χ1) is 15.4. The van der Waals surface area contributed by atoms with Gasteiger partial charge in [-0.25, -0.2) is 9.78 Å². The Morgan fingerprint density at radius 1 is 0.969 bits per heavy atom. The number of nitrogens with zero attached hydrogens (tertiary/aromatic N) is 4. The average molecular weight is 430 g/mol. The highest BCUT2D eigenvalue weighted by molar-refractivity contribution is 5.95. The van der Waals surface area contributed by atoms with E-state index in [1.54, 1.807) is 36.7 Å². The van der Waals surface area contributed by atoms with E-state index in [4.69, 9.17) is 5.73 Å². The van der Waals surface area contributed by atoms with E-state index in [0.717, 1.165) is 4.57 Å². The van der Waals surface area contributed by atoms with Crippen LogP contribution in [-0.4, -0.2) is 30.9 Å². The van der Waals surface area contributed by atoms with Gasteiger partial charge in [0.1, 0.15) is 6.54 Å². The van der Waals surface area contributed by atoms with Crippen molar-refractivity contribution in [1.82, 2.24) is 19.1 Å². The Kier molecular flexibility index (Phi) is 5.58. The van der Waals surface area contributed by atoms with E-state index in [1.807, 2.05) is 0 Å². The van der Waals surface area contributed by atoms with Crippen LogP contribution in [0, 0.1) is 0 Å². The van der Waals surface area contributed by atoms with Crippen molar-refractivity contribution in [3.63, 3.8) is 0 Å². The number of anilines is 1. The van der Waals surface area contributed by atoms with Crippen molar-refractivity contribution in [1.29, 1.82) is 0 Å². The number of fused-ring (bicyclic) bond motifs is 1. The number of amides is 2. The lowest BCUT2D eigenvalue weighted by Gasteiger charge is -2.14. The van der Waals surface area contributed by atoms with Gasteiger partial charge < -0.3 is 11.1 Å². The molecule has 0 radical (unpaired) electrons. The van der Waals surface area contributed by atoms with E-state index in [2.05, 4.69) is 15.3 Å². The predicted molar refractivity (Wildman–Crippen MR) is 117 cm³/mol. The highest BCUT2D eigenvalue weighted by Crippen LogP contribution is 2.10. The van der Waals surface area contributed by atoms with Crippen LogP contribution in [0.15, 0.2) is 76.7 Å². The van der Waals surface area contributed by atoms with Gasteiger partial charge in [-0.1, -0.05) is 6.07 Å². The number of nitrogens with two attached hydrogens (primary N) is 1. The molecule has 0 aliphatic heterocycles. The lowest BCUT2D eigenvalue weighted by Crippen LogP contribution is -2.42. The van der Waals surface area contributed by atoms with E-state index in [0.29, 0.717) is 16.8 Å². The summed E-state index contributed by atoms with van der Waals surface area (Å²) < 4.78 is 2.23. The smallest absolute Gasteiger partial charge is 0.332 e. The Labute approximate surface area is 181 Å². The maximum atomic E-state index is 13.2. The number of hydrogen-bond acceptors (Lipinski definition) is 6. The van der Waals surface area contributed by atoms with Crippen LogP contribution in [0.2, 0.25) is 0 Å². The summed E-state index contributed by atoms with van der Waals surface area (Å²) in [6, 6.07) is 12.6. The Bertz CT molecular complexity index is 1430. The number of benzene rings is 1. The highest BCUT2D eigenvalue weighted by atomic mass is 16.2. The molecule has 10 nitrogen and oxygen atoms in total. The van der Waals surface area contributed by atoms with Gasteiger partial charge in [0.25, 0.3) is 5.56 Å². The van der Waals surface area contributed by atoms with Crippen LogP contribution < -0.4 is 22.3 Å². The first-order valence-electron chi connectivity index (χ1n) is 9.61. The third kappa shape index (κ3) is 4.15. The van der Waals surface area contributed by atoms with Gasteiger partial charge in [-0.3, -0.25) is 28.5 Å². The molecule has 3 aromatic heterocycles. The molecule has 10 heteroatoms. The van der Waals surface area contributed by atoms with Gasteiger partial charge in [0.2, 0.25) is 11.8 Å². The number of hydrogen-bond donors (Lipinski definition) is 2. The number of pyridine rings is 2. The minimum absolute atomic E-state index is 0.00573. The second-order valence-corrected chi connectivity index (χ2v) is 6.98. The number of rotatable bonds is 6. The van der Waals surface area contributed by atoms with Gasteiger partial charge >= 0.3 is 5.69 Å².